The van der Waals surface area contributed by atoms with Gasteiger partial charge in [-0.15, -0.1) is 11.8 Å². The third-order valence-corrected chi connectivity index (χ3v) is 7.55. The van der Waals surface area contributed by atoms with Crippen LogP contribution in [0.4, 0.5) is 0 Å². The summed E-state index contributed by atoms with van der Waals surface area (Å²) in [6, 6.07) is 19.1. The molecule has 1 saturated heterocycles. The van der Waals surface area contributed by atoms with Crippen molar-refractivity contribution < 1.29 is 4.74 Å². The summed E-state index contributed by atoms with van der Waals surface area (Å²) in [6.07, 6.45) is 4.53. The van der Waals surface area contributed by atoms with Gasteiger partial charge in [-0.2, -0.15) is 0 Å². The minimum atomic E-state index is 0.222. The molecule has 0 saturated carbocycles. The van der Waals surface area contributed by atoms with E-state index in [9.17, 15) is 0 Å². The first-order valence-electron chi connectivity index (χ1n) is 11.0. The van der Waals surface area contributed by atoms with Crippen molar-refractivity contribution in [3.8, 4) is 5.75 Å². The van der Waals surface area contributed by atoms with Crippen molar-refractivity contribution in [3.63, 3.8) is 0 Å². The van der Waals surface area contributed by atoms with Gasteiger partial charge in [0.1, 0.15) is 11.1 Å². The number of para-hydroxylation sites is 1. The largest absolute Gasteiger partial charge is 0.493 e. The summed E-state index contributed by atoms with van der Waals surface area (Å²) in [5.74, 6) is 2.06. The first-order chi connectivity index (χ1) is 15.3. The molecule has 31 heavy (non-hydrogen) atoms. The maximum Gasteiger partial charge on any atom is 0.169 e. The average Bonchev–Trinajstić information content (AvgIpc) is 3.32. The highest BCUT2D eigenvalue weighted by molar-refractivity contribution is 7.99. The number of ether oxygens (including phenoxy) is 1. The van der Waals surface area contributed by atoms with E-state index in [0.717, 1.165) is 62.2 Å². The minimum Gasteiger partial charge on any atom is -0.493 e. The zero-order valence-corrected chi connectivity index (χ0v) is 19.8. The molecule has 4 nitrogen and oxygen atoms in total. The third kappa shape index (κ3) is 5.62. The second kappa shape index (κ2) is 11.0. The van der Waals surface area contributed by atoms with Gasteiger partial charge in [-0.05, 0) is 42.3 Å². The summed E-state index contributed by atoms with van der Waals surface area (Å²) >= 11 is 7.43. The van der Waals surface area contributed by atoms with Gasteiger partial charge >= 0.3 is 0 Å². The summed E-state index contributed by atoms with van der Waals surface area (Å²) in [5.41, 5.74) is 4.05. The lowest BCUT2D eigenvalue weighted by molar-refractivity contribution is 0.246. The summed E-state index contributed by atoms with van der Waals surface area (Å²) < 4.78 is 6.25. The smallest absolute Gasteiger partial charge is 0.169 e. The van der Waals surface area contributed by atoms with Crippen LogP contribution in [0.1, 0.15) is 29.3 Å². The lowest BCUT2D eigenvalue weighted by Gasteiger charge is -2.28. The van der Waals surface area contributed by atoms with Crippen molar-refractivity contribution in [1.29, 1.82) is 0 Å². The molecule has 2 heterocycles. The Kier molecular flexibility index (Phi) is 7.89. The Balaban J connectivity index is 1.27. The Labute approximate surface area is 195 Å². The summed E-state index contributed by atoms with van der Waals surface area (Å²) in [4.78, 5) is 4.77. The quantitative estimate of drug-likeness (QED) is 0.478. The molecule has 4 rings (SSSR count). The standard InChI is InChI=1S/C25H31N3OS2/c1-26-25(30)28-17-19-31-24(28)22-10-5-6-11-23(22)29-18-7-14-27-15-12-21(13-16-27)20-8-3-2-4-9-20/h2-6,8-12,24H,7,13-19H2,1H3,(H,26,30). The van der Waals surface area contributed by atoms with Crippen LogP contribution in [0.2, 0.25) is 0 Å². The zero-order chi connectivity index (χ0) is 21.5. The van der Waals surface area contributed by atoms with Crippen molar-refractivity contribution in [2.24, 2.45) is 0 Å². The van der Waals surface area contributed by atoms with E-state index in [4.69, 9.17) is 17.0 Å². The number of hydrogen-bond acceptors (Lipinski definition) is 4. The van der Waals surface area contributed by atoms with Crippen LogP contribution < -0.4 is 10.1 Å². The van der Waals surface area contributed by atoms with Gasteiger partial charge in [-0.1, -0.05) is 54.6 Å². The molecule has 0 aliphatic carbocycles. The maximum atomic E-state index is 6.25. The van der Waals surface area contributed by atoms with Gasteiger partial charge in [0.2, 0.25) is 0 Å². The fourth-order valence-electron chi connectivity index (χ4n) is 4.19. The molecule has 0 bridgehead atoms. The van der Waals surface area contributed by atoms with Crippen molar-refractivity contribution in [3.05, 3.63) is 71.8 Å². The molecule has 2 aromatic rings. The van der Waals surface area contributed by atoms with Crippen LogP contribution in [0, 0.1) is 0 Å². The molecule has 6 heteroatoms. The van der Waals surface area contributed by atoms with E-state index in [0.29, 0.717) is 0 Å². The van der Waals surface area contributed by atoms with Gasteiger partial charge in [0.15, 0.2) is 5.11 Å². The highest BCUT2D eigenvalue weighted by Gasteiger charge is 2.30. The Hall–Kier alpha value is -2.02. The van der Waals surface area contributed by atoms with Crippen molar-refractivity contribution in [2.75, 3.05) is 45.6 Å². The maximum absolute atomic E-state index is 6.25. The van der Waals surface area contributed by atoms with E-state index in [-0.39, 0.29) is 5.37 Å². The lowest BCUT2D eigenvalue weighted by atomic mass is 9.99. The Morgan fingerprint density at radius 2 is 1.94 bits per heavy atom. The second-order valence-electron chi connectivity index (χ2n) is 7.86. The summed E-state index contributed by atoms with van der Waals surface area (Å²) in [5, 5.41) is 4.15. The Bertz CT molecular complexity index is 903. The van der Waals surface area contributed by atoms with E-state index in [1.807, 2.05) is 18.8 Å². The number of thiocarbonyl (C=S) groups is 1. The third-order valence-electron chi connectivity index (χ3n) is 5.86. The molecule has 2 aliphatic rings. The van der Waals surface area contributed by atoms with Crippen LogP contribution >= 0.6 is 24.0 Å². The van der Waals surface area contributed by atoms with Crippen molar-refractivity contribution >= 4 is 34.7 Å². The number of benzene rings is 2. The van der Waals surface area contributed by atoms with Crippen LogP contribution in [-0.2, 0) is 0 Å². The predicted molar refractivity (Wildman–Crippen MR) is 136 cm³/mol. The second-order valence-corrected chi connectivity index (χ2v) is 9.43. The number of nitrogens with one attached hydrogen (secondary N) is 1. The minimum absolute atomic E-state index is 0.222. The average molecular weight is 454 g/mol. The fourth-order valence-corrected chi connectivity index (χ4v) is 5.75. The fraction of sp³-hybridized carbons (Fsp3) is 0.400. The Morgan fingerprint density at radius 1 is 1.13 bits per heavy atom. The molecule has 1 atom stereocenters. The molecule has 0 spiro atoms. The van der Waals surface area contributed by atoms with Crippen LogP contribution in [-0.4, -0.2) is 60.5 Å². The number of hydrogen-bond donors (Lipinski definition) is 1. The molecule has 164 valence electrons. The van der Waals surface area contributed by atoms with Crippen LogP contribution in [0.3, 0.4) is 0 Å². The highest BCUT2D eigenvalue weighted by atomic mass is 32.2. The van der Waals surface area contributed by atoms with Gasteiger partial charge < -0.3 is 15.0 Å². The number of thioether (sulfide) groups is 1. The van der Waals surface area contributed by atoms with E-state index < -0.39 is 0 Å². The summed E-state index contributed by atoms with van der Waals surface area (Å²) in [6.45, 7) is 4.91. The molecule has 0 amide bonds. The number of rotatable bonds is 7. The van der Waals surface area contributed by atoms with Crippen molar-refractivity contribution in [2.45, 2.75) is 18.2 Å². The molecule has 2 aromatic carbocycles. The van der Waals surface area contributed by atoms with Gasteiger partial charge in [0.25, 0.3) is 0 Å². The molecule has 0 radical (unpaired) electrons. The number of nitrogens with zero attached hydrogens (tertiary/aromatic N) is 2. The van der Waals surface area contributed by atoms with Gasteiger partial charge in [-0.25, -0.2) is 0 Å². The molecule has 2 aliphatic heterocycles. The topological polar surface area (TPSA) is 27.7 Å². The predicted octanol–water partition coefficient (Wildman–Crippen LogP) is 4.80. The van der Waals surface area contributed by atoms with Gasteiger partial charge in [0, 0.05) is 44.5 Å². The SMILES string of the molecule is CNC(=S)N1CCSC1c1ccccc1OCCCN1CC=C(c2ccccc2)CC1. The first kappa shape index (κ1) is 22.2. The molecule has 1 N–H and O–H groups in total. The first-order valence-corrected chi connectivity index (χ1v) is 12.5. The molecular formula is C25H31N3OS2. The van der Waals surface area contributed by atoms with E-state index in [1.165, 1.54) is 16.7 Å². The summed E-state index contributed by atoms with van der Waals surface area (Å²) in [7, 11) is 1.89. The highest BCUT2D eigenvalue weighted by Crippen LogP contribution is 2.41. The van der Waals surface area contributed by atoms with Crippen LogP contribution in [0.5, 0.6) is 5.75 Å². The van der Waals surface area contributed by atoms with E-state index >= 15 is 0 Å². The normalized spacial score (nSPS) is 19.2. The van der Waals surface area contributed by atoms with Crippen LogP contribution in [0.15, 0.2) is 60.7 Å². The molecular weight excluding hydrogens is 422 g/mol. The Morgan fingerprint density at radius 3 is 2.71 bits per heavy atom. The van der Waals surface area contributed by atoms with Crippen molar-refractivity contribution in [1.82, 2.24) is 15.1 Å². The molecule has 1 unspecified atom stereocenters. The van der Waals surface area contributed by atoms with E-state index in [1.54, 1.807) is 0 Å². The molecule has 0 aromatic heterocycles. The van der Waals surface area contributed by atoms with Crippen LogP contribution in [0.25, 0.3) is 5.57 Å². The van der Waals surface area contributed by atoms with Gasteiger partial charge in [-0.3, -0.25) is 4.90 Å². The monoisotopic (exact) mass is 453 g/mol. The van der Waals surface area contributed by atoms with Gasteiger partial charge in [0.05, 0.1) is 6.61 Å². The molecule has 1 fully saturated rings. The lowest BCUT2D eigenvalue weighted by Crippen LogP contribution is -2.37. The zero-order valence-electron chi connectivity index (χ0n) is 18.1. The van der Waals surface area contributed by atoms with E-state index in [2.05, 4.69) is 75.8 Å².